The van der Waals surface area contributed by atoms with Crippen molar-refractivity contribution in [2.45, 2.75) is 58.3 Å². The third kappa shape index (κ3) is 3.35. The molecule has 0 aliphatic heterocycles. The summed E-state index contributed by atoms with van der Waals surface area (Å²) in [5.74, 6) is -0.627. The van der Waals surface area contributed by atoms with Crippen LogP contribution >= 0.6 is 11.3 Å². The van der Waals surface area contributed by atoms with Gasteiger partial charge in [-0.3, -0.25) is 4.79 Å². The van der Waals surface area contributed by atoms with E-state index in [0.29, 0.717) is 6.42 Å². The maximum atomic E-state index is 11.0. The zero-order chi connectivity index (χ0) is 13.0. The average molecular weight is 266 g/mol. The molecule has 2 rings (SSSR count). The molecule has 18 heavy (non-hydrogen) atoms. The van der Waals surface area contributed by atoms with Gasteiger partial charge in [0, 0.05) is 9.75 Å². The average Bonchev–Trinajstić information content (AvgIpc) is 2.95. The van der Waals surface area contributed by atoms with Crippen LogP contribution < -0.4 is 0 Å². The normalized spacial score (nSPS) is 18.1. The molecule has 2 nitrogen and oxygen atoms in total. The van der Waals surface area contributed by atoms with Crippen LogP contribution in [0.25, 0.3) is 0 Å². The first-order chi connectivity index (χ1) is 8.63. The predicted octanol–water partition coefficient (Wildman–Crippen LogP) is 4.28. The Morgan fingerprint density at radius 3 is 2.56 bits per heavy atom. The molecule has 3 heteroatoms. The van der Waals surface area contributed by atoms with Crippen LogP contribution in [0.5, 0.6) is 0 Å². The van der Waals surface area contributed by atoms with Gasteiger partial charge in [0.1, 0.15) is 0 Å². The Morgan fingerprint density at radius 1 is 1.33 bits per heavy atom. The quantitative estimate of drug-likeness (QED) is 0.834. The Morgan fingerprint density at radius 2 is 2.00 bits per heavy atom. The monoisotopic (exact) mass is 266 g/mol. The van der Waals surface area contributed by atoms with Gasteiger partial charge in [-0.15, -0.1) is 11.3 Å². The first-order valence-corrected chi connectivity index (χ1v) is 7.75. The summed E-state index contributed by atoms with van der Waals surface area (Å²) in [7, 11) is 0. The molecule has 0 unspecified atom stereocenters. The number of aliphatic carboxylic acids is 1. The Bertz CT molecular complexity index is 402. The molecular formula is C15H22O2S. The molecule has 1 fully saturated rings. The Hall–Kier alpha value is -0.830. The summed E-state index contributed by atoms with van der Waals surface area (Å²) in [6, 6.07) is 4.42. The maximum absolute atomic E-state index is 11.0. The van der Waals surface area contributed by atoms with E-state index in [2.05, 4.69) is 19.1 Å². The van der Waals surface area contributed by atoms with Gasteiger partial charge >= 0.3 is 5.97 Å². The molecule has 0 bridgehead atoms. The van der Waals surface area contributed by atoms with Gasteiger partial charge in [-0.2, -0.15) is 0 Å². The number of aryl methyl sites for hydroxylation is 2. The molecule has 0 saturated heterocycles. The first-order valence-electron chi connectivity index (χ1n) is 6.93. The summed E-state index contributed by atoms with van der Waals surface area (Å²) in [5.41, 5.74) is 0.0855. The van der Waals surface area contributed by atoms with Crippen molar-refractivity contribution in [3.8, 4) is 0 Å². The fourth-order valence-electron chi connectivity index (χ4n) is 3.10. The summed E-state index contributed by atoms with van der Waals surface area (Å²) in [6.45, 7) is 2.18. The van der Waals surface area contributed by atoms with E-state index in [1.54, 1.807) is 0 Å². The molecule has 0 aromatic carbocycles. The highest BCUT2D eigenvalue weighted by Gasteiger charge is 2.35. The smallest absolute Gasteiger partial charge is 0.303 e. The fourth-order valence-corrected chi connectivity index (χ4v) is 4.05. The highest BCUT2D eigenvalue weighted by Crippen LogP contribution is 2.45. The van der Waals surface area contributed by atoms with E-state index in [4.69, 9.17) is 5.11 Å². The third-order valence-electron chi connectivity index (χ3n) is 4.16. The minimum absolute atomic E-state index is 0.0855. The van der Waals surface area contributed by atoms with Gasteiger partial charge < -0.3 is 5.11 Å². The second kappa shape index (κ2) is 5.87. The number of carboxylic acid groups (broad SMARTS) is 1. The lowest BCUT2D eigenvalue weighted by Crippen LogP contribution is -2.21. The van der Waals surface area contributed by atoms with E-state index in [1.165, 1.54) is 22.6 Å². The SMILES string of the molecule is CCc1ccc(CCC2(CC(=O)O)CCCC2)s1. The van der Waals surface area contributed by atoms with E-state index in [9.17, 15) is 4.79 Å². The molecule has 1 heterocycles. The molecule has 0 spiro atoms. The van der Waals surface area contributed by atoms with Crippen molar-refractivity contribution in [2.75, 3.05) is 0 Å². The van der Waals surface area contributed by atoms with Crippen molar-refractivity contribution in [1.29, 1.82) is 0 Å². The van der Waals surface area contributed by atoms with Crippen molar-refractivity contribution < 1.29 is 9.90 Å². The van der Waals surface area contributed by atoms with Crippen molar-refractivity contribution >= 4 is 17.3 Å². The molecule has 1 aliphatic carbocycles. The Kier molecular flexibility index (Phi) is 4.44. The van der Waals surface area contributed by atoms with Crippen LogP contribution in [0.3, 0.4) is 0 Å². The minimum atomic E-state index is -0.627. The van der Waals surface area contributed by atoms with Gasteiger partial charge in [-0.25, -0.2) is 0 Å². The number of hydrogen-bond donors (Lipinski definition) is 1. The molecule has 1 saturated carbocycles. The topological polar surface area (TPSA) is 37.3 Å². The molecule has 0 amide bonds. The van der Waals surface area contributed by atoms with Crippen LogP contribution in [-0.2, 0) is 17.6 Å². The maximum Gasteiger partial charge on any atom is 0.303 e. The fraction of sp³-hybridized carbons (Fsp3) is 0.667. The van der Waals surface area contributed by atoms with Crippen LogP contribution in [0.4, 0.5) is 0 Å². The molecule has 1 N–H and O–H groups in total. The van der Waals surface area contributed by atoms with Gasteiger partial charge in [-0.1, -0.05) is 19.8 Å². The molecule has 1 aromatic heterocycles. The van der Waals surface area contributed by atoms with Gasteiger partial charge in [0.05, 0.1) is 6.42 Å². The Balaban J connectivity index is 1.95. The van der Waals surface area contributed by atoms with Crippen LogP contribution in [0.15, 0.2) is 12.1 Å². The first kappa shape index (κ1) is 13.6. The van der Waals surface area contributed by atoms with Crippen molar-refractivity contribution in [1.82, 2.24) is 0 Å². The van der Waals surface area contributed by atoms with E-state index in [0.717, 1.165) is 32.1 Å². The lowest BCUT2D eigenvalue weighted by atomic mass is 9.78. The van der Waals surface area contributed by atoms with Crippen molar-refractivity contribution in [3.05, 3.63) is 21.9 Å². The standard InChI is InChI=1S/C15H22O2S/c1-2-12-5-6-13(18-12)7-10-15(11-14(16)17)8-3-4-9-15/h5-6H,2-4,7-11H2,1H3,(H,16,17). The molecule has 0 atom stereocenters. The third-order valence-corrected chi connectivity index (χ3v) is 5.45. The molecular weight excluding hydrogens is 244 g/mol. The van der Waals surface area contributed by atoms with Gasteiger partial charge in [0.25, 0.3) is 0 Å². The van der Waals surface area contributed by atoms with E-state index in [-0.39, 0.29) is 5.41 Å². The molecule has 0 radical (unpaired) electrons. The summed E-state index contributed by atoms with van der Waals surface area (Å²) >= 11 is 1.89. The predicted molar refractivity (Wildman–Crippen MR) is 75.2 cm³/mol. The second-order valence-corrected chi connectivity index (χ2v) is 6.75. The lowest BCUT2D eigenvalue weighted by Gasteiger charge is -2.26. The van der Waals surface area contributed by atoms with Gasteiger partial charge in [0.15, 0.2) is 0 Å². The minimum Gasteiger partial charge on any atom is -0.481 e. The van der Waals surface area contributed by atoms with Gasteiger partial charge in [0.2, 0.25) is 0 Å². The van der Waals surface area contributed by atoms with Crippen LogP contribution in [0.2, 0.25) is 0 Å². The molecule has 1 aliphatic rings. The number of thiophene rings is 1. The largest absolute Gasteiger partial charge is 0.481 e. The summed E-state index contributed by atoms with van der Waals surface area (Å²) < 4.78 is 0. The second-order valence-electron chi connectivity index (χ2n) is 5.50. The van der Waals surface area contributed by atoms with E-state index >= 15 is 0 Å². The zero-order valence-corrected chi connectivity index (χ0v) is 11.9. The molecule has 1 aromatic rings. The number of carboxylic acids is 1. The summed E-state index contributed by atoms with van der Waals surface area (Å²) in [6.07, 6.45) is 8.18. The number of hydrogen-bond acceptors (Lipinski definition) is 2. The highest BCUT2D eigenvalue weighted by atomic mass is 32.1. The van der Waals surface area contributed by atoms with E-state index < -0.39 is 5.97 Å². The summed E-state index contributed by atoms with van der Waals surface area (Å²) in [5, 5.41) is 9.08. The highest BCUT2D eigenvalue weighted by molar-refractivity contribution is 7.11. The number of rotatable bonds is 6. The Labute approximate surface area is 113 Å². The van der Waals surface area contributed by atoms with Crippen LogP contribution in [-0.4, -0.2) is 11.1 Å². The van der Waals surface area contributed by atoms with Crippen LogP contribution in [0.1, 0.15) is 55.2 Å². The van der Waals surface area contributed by atoms with E-state index in [1.807, 2.05) is 11.3 Å². The number of carbonyl (C=O) groups is 1. The van der Waals surface area contributed by atoms with Crippen molar-refractivity contribution in [3.63, 3.8) is 0 Å². The van der Waals surface area contributed by atoms with Gasteiger partial charge in [-0.05, 0) is 49.7 Å². The summed E-state index contributed by atoms with van der Waals surface area (Å²) in [4.78, 5) is 13.9. The van der Waals surface area contributed by atoms with Crippen molar-refractivity contribution in [2.24, 2.45) is 5.41 Å². The zero-order valence-electron chi connectivity index (χ0n) is 11.1. The molecule has 100 valence electrons. The van der Waals surface area contributed by atoms with Crippen LogP contribution in [0, 0.1) is 5.41 Å². The lowest BCUT2D eigenvalue weighted by molar-refractivity contribution is -0.139.